The Hall–Kier alpha value is -2.78. The van der Waals surface area contributed by atoms with E-state index in [-0.39, 0.29) is 18.5 Å². The number of nitrogens with zero attached hydrogens (tertiary/aromatic N) is 2. The quantitative estimate of drug-likeness (QED) is 0.529. The summed E-state index contributed by atoms with van der Waals surface area (Å²) in [7, 11) is -2.29. The summed E-state index contributed by atoms with van der Waals surface area (Å²) in [5.41, 5.74) is 1.58. The minimum absolute atomic E-state index is 0.0921. The molecule has 0 aliphatic carbocycles. The van der Waals surface area contributed by atoms with E-state index in [1.165, 1.54) is 12.0 Å². The average molecular weight is 510 g/mol. The van der Waals surface area contributed by atoms with E-state index in [4.69, 9.17) is 16.3 Å². The van der Waals surface area contributed by atoms with E-state index in [0.29, 0.717) is 22.0 Å². The molecule has 8 nitrogen and oxygen atoms in total. The lowest BCUT2D eigenvalue weighted by atomic mass is 10.1. The molecule has 186 valence electrons. The number of amides is 2. The number of rotatable bonds is 10. The molecule has 0 fully saturated rings. The first-order chi connectivity index (χ1) is 15.8. The van der Waals surface area contributed by atoms with E-state index < -0.39 is 28.5 Å². The monoisotopic (exact) mass is 509 g/mol. The highest BCUT2D eigenvalue weighted by atomic mass is 35.5. The van der Waals surface area contributed by atoms with Crippen molar-refractivity contribution in [3.63, 3.8) is 0 Å². The minimum Gasteiger partial charge on any atom is -0.497 e. The topological polar surface area (TPSA) is 96.0 Å². The van der Waals surface area contributed by atoms with Gasteiger partial charge in [0.15, 0.2) is 0 Å². The van der Waals surface area contributed by atoms with Gasteiger partial charge >= 0.3 is 0 Å². The van der Waals surface area contributed by atoms with Gasteiger partial charge in [-0.15, -0.1) is 0 Å². The third kappa shape index (κ3) is 7.11. The second kappa shape index (κ2) is 11.6. The van der Waals surface area contributed by atoms with Crippen LogP contribution in [0.3, 0.4) is 0 Å². The van der Waals surface area contributed by atoms with Gasteiger partial charge in [0, 0.05) is 17.6 Å². The zero-order chi connectivity index (χ0) is 25.6. The molecule has 1 N–H and O–H groups in total. The normalized spacial score (nSPS) is 12.2. The van der Waals surface area contributed by atoms with Gasteiger partial charge in [0.25, 0.3) is 0 Å². The first kappa shape index (κ1) is 27.5. The van der Waals surface area contributed by atoms with Gasteiger partial charge in [0.2, 0.25) is 21.8 Å². The van der Waals surface area contributed by atoms with Gasteiger partial charge in [0.05, 0.1) is 19.1 Å². The van der Waals surface area contributed by atoms with Crippen LogP contribution in [0.2, 0.25) is 5.02 Å². The van der Waals surface area contributed by atoms with Gasteiger partial charge in [-0.3, -0.25) is 13.9 Å². The van der Waals surface area contributed by atoms with Crippen LogP contribution in [0.1, 0.15) is 31.9 Å². The number of sulfonamides is 1. The number of carbonyl (C=O) groups excluding carboxylic acids is 2. The van der Waals surface area contributed by atoms with Crippen molar-refractivity contribution in [1.82, 2.24) is 10.2 Å². The van der Waals surface area contributed by atoms with Crippen LogP contribution in [0.5, 0.6) is 5.75 Å². The smallest absolute Gasteiger partial charge is 0.244 e. The van der Waals surface area contributed by atoms with Crippen molar-refractivity contribution in [1.29, 1.82) is 0 Å². The summed E-state index contributed by atoms with van der Waals surface area (Å²) in [4.78, 5) is 27.7. The van der Waals surface area contributed by atoms with Crippen LogP contribution in [0, 0.1) is 6.92 Å². The van der Waals surface area contributed by atoms with Crippen molar-refractivity contribution >= 4 is 39.1 Å². The summed E-state index contributed by atoms with van der Waals surface area (Å²) in [5.74, 6) is -0.258. The maximum Gasteiger partial charge on any atom is 0.244 e. The van der Waals surface area contributed by atoms with Crippen molar-refractivity contribution in [2.45, 2.75) is 46.3 Å². The number of methoxy groups -OCH3 is 1. The molecule has 0 aliphatic heterocycles. The molecule has 0 saturated carbocycles. The van der Waals surface area contributed by atoms with Crippen molar-refractivity contribution in [3.05, 3.63) is 58.6 Å². The van der Waals surface area contributed by atoms with E-state index >= 15 is 0 Å². The fraction of sp³-hybridized carbons (Fsp3) is 0.417. The molecule has 0 heterocycles. The summed E-state index contributed by atoms with van der Waals surface area (Å²) in [6, 6.07) is 11.0. The Morgan fingerprint density at radius 1 is 1.12 bits per heavy atom. The highest BCUT2D eigenvalue weighted by Crippen LogP contribution is 2.28. The second-order valence-electron chi connectivity index (χ2n) is 8.37. The molecule has 0 saturated heterocycles. The Bertz CT molecular complexity index is 1140. The van der Waals surface area contributed by atoms with E-state index in [0.717, 1.165) is 16.1 Å². The molecule has 1 atom stereocenters. The van der Waals surface area contributed by atoms with Crippen molar-refractivity contribution in [2.75, 3.05) is 24.2 Å². The predicted octanol–water partition coefficient (Wildman–Crippen LogP) is 3.36. The summed E-state index contributed by atoms with van der Waals surface area (Å²) >= 11 is 6.20. The Morgan fingerprint density at radius 2 is 1.76 bits per heavy atom. The Kier molecular flexibility index (Phi) is 9.35. The zero-order valence-electron chi connectivity index (χ0n) is 20.3. The Morgan fingerprint density at radius 3 is 2.35 bits per heavy atom. The lowest BCUT2D eigenvalue weighted by molar-refractivity contribution is -0.139. The Balaban J connectivity index is 2.45. The van der Waals surface area contributed by atoms with Gasteiger partial charge in [-0.25, -0.2) is 8.42 Å². The number of halogens is 1. The molecular formula is C24H32ClN3O5S. The first-order valence-corrected chi connectivity index (χ1v) is 13.0. The first-order valence-electron chi connectivity index (χ1n) is 10.8. The molecule has 10 heteroatoms. The van der Waals surface area contributed by atoms with Crippen LogP contribution in [-0.2, 0) is 26.2 Å². The van der Waals surface area contributed by atoms with Crippen LogP contribution in [0.4, 0.5) is 5.69 Å². The SMILES string of the molecule is COc1cccc(CN(C(=O)CN(c2cccc(Cl)c2C)S(C)(=O)=O)C(C)C(=O)NC(C)C)c1. The lowest BCUT2D eigenvalue weighted by Crippen LogP contribution is -2.52. The highest BCUT2D eigenvalue weighted by molar-refractivity contribution is 7.92. The summed E-state index contributed by atoms with van der Waals surface area (Å²) in [5, 5.41) is 3.20. The third-order valence-corrected chi connectivity index (χ3v) is 6.81. The van der Waals surface area contributed by atoms with Gasteiger partial charge in [-0.05, 0) is 63.1 Å². The fourth-order valence-corrected chi connectivity index (χ4v) is 4.49. The number of benzene rings is 2. The van der Waals surface area contributed by atoms with Crippen LogP contribution in [0.25, 0.3) is 0 Å². The minimum atomic E-state index is -3.83. The molecule has 0 bridgehead atoms. The van der Waals surface area contributed by atoms with E-state index in [1.54, 1.807) is 50.2 Å². The van der Waals surface area contributed by atoms with E-state index in [2.05, 4.69) is 5.32 Å². The van der Waals surface area contributed by atoms with Gasteiger partial charge in [-0.1, -0.05) is 29.8 Å². The number of hydrogen-bond acceptors (Lipinski definition) is 5. The number of nitrogens with one attached hydrogen (secondary N) is 1. The van der Waals surface area contributed by atoms with Crippen LogP contribution >= 0.6 is 11.6 Å². The zero-order valence-corrected chi connectivity index (χ0v) is 21.9. The molecule has 2 aromatic rings. The van der Waals surface area contributed by atoms with Crippen molar-refractivity contribution in [2.24, 2.45) is 0 Å². The molecule has 2 aromatic carbocycles. The van der Waals surface area contributed by atoms with E-state index in [1.807, 2.05) is 19.9 Å². The molecule has 34 heavy (non-hydrogen) atoms. The molecule has 0 spiro atoms. The molecule has 0 aromatic heterocycles. The highest BCUT2D eigenvalue weighted by Gasteiger charge is 2.31. The predicted molar refractivity (Wildman–Crippen MR) is 135 cm³/mol. The van der Waals surface area contributed by atoms with Crippen LogP contribution < -0.4 is 14.4 Å². The summed E-state index contributed by atoms with van der Waals surface area (Å²) in [6.07, 6.45) is 1.03. The largest absolute Gasteiger partial charge is 0.497 e. The van der Waals surface area contributed by atoms with Gasteiger partial charge < -0.3 is 15.0 Å². The second-order valence-corrected chi connectivity index (χ2v) is 10.7. The maximum absolute atomic E-state index is 13.5. The van der Waals surface area contributed by atoms with Crippen LogP contribution in [0.15, 0.2) is 42.5 Å². The Labute approximate surface area is 206 Å². The number of ether oxygens (including phenoxy) is 1. The standard InChI is InChI=1S/C24H32ClN3O5S/c1-16(2)26-24(30)18(4)27(14-19-9-7-10-20(13-19)33-5)23(29)15-28(34(6,31)32)22-12-8-11-21(25)17(22)3/h7-13,16,18H,14-15H2,1-6H3,(H,26,30). The molecular weight excluding hydrogens is 478 g/mol. The number of anilines is 1. The average Bonchev–Trinajstić information content (AvgIpc) is 2.76. The van der Waals surface area contributed by atoms with Crippen molar-refractivity contribution in [3.8, 4) is 5.75 Å². The summed E-state index contributed by atoms with van der Waals surface area (Å²) < 4.78 is 31.6. The third-order valence-electron chi connectivity index (χ3n) is 5.27. The summed E-state index contributed by atoms with van der Waals surface area (Å²) in [6.45, 7) is 6.56. The van der Waals surface area contributed by atoms with Crippen molar-refractivity contribution < 1.29 is 22.7 Å². The lowest BCUT2D eigenvalue weighted by Gasteiger charge is -2.32. The van der Waals surface area contributed by atoms with E-state index in [9.17, 15) is 18.0 Å². The number of carbonyl (C=O) groups is 2. The molecule has 1 unspecified atom stereocenters. The molecule has 0 aliphatic rings. The fourth-order valence-electron chi connectivity index (χ4n) is 3.42. The van der Waals surface area contributed by atoms with Crippen LogP contribution in [-0.4, -0.2) is 57.1 Å². The molecule has 2 amide bonds. The van der Waals surface area contributed by atoms with Gasteiger partial charge in [-0.2, -0.15) is 0 Å². The number of hydrogen-bond donors (Lipinski definition) is 1. The molecule has 0 radical (unpaired) electrons. The van der Waals surface area contributed by atoms with Gasteiger partial charge in [0.1, 0.15) is 18.3 Å². The molecule has 2 rings (SSSR count). The maximum atomic E-state index is 13.5.